The monoisotopic (exact) mass is 465 g/mol. The minimum absolute atomic E-state index is 0.0730. The third-order valence-electron chi connectivity index (χ3n) is 4.07. The van der Waals surface area contributed by atoms with Crippen molar-refractivity contribution in [3.8, 4) is 5.75 Å². The van der Waals surface area contributed by atoms with E-state index in [2.05, 4.69) is 11.3 Å². The second-order valence-electron chi connectivity index (χ2n) is 6.27. The van der Waals surface area contributed by atoms with Crippen LogP contribution in [0.1, 0.15) is 6.42 Å². The van der Waals surface area contributed by atoms with E-state index in [4.69, 9.17) is 14.2 Å². The van der Waals surface area contributed by atoms with Crippen LogP contribution >= 0.6 is 0 Å². The molecule has 7 nitrogen and oxygen atoms in total. The Morgan fingerprint density at radius 2 is 1.28 bits per heavy atom. The van der Waals surface area contributed by atoms with Gasteiger partial charge in [0.05, 0.1) is 46.1 Å². The van der Waals surface area contributed by atoms with Crippen LogP contribution < -0.4 is 4.74 Å². The van der Waals surface area contributed by atoms with E-state index in [1.165, 1.54) is 11.0 Å². The Morgan fingerprint density at radius 3 is 1.81 bits per heavy atom. The fourth-order valence-electron chi connectivity index (χ4n) is 2.44. The van der Waals surface area contributed by atoms with Gasteiger partial charge in [-0.1, -0.05) is 6.58 Å². The molecule has 0 spiro atoms. The average Bonchev–Trinajstić information content (AvgIpc) is 3.09. The zero-order valence-electron chi connectivity index (χ0n) is 16.8. The van der Waals surface area contributed by atoms with Crippen LogP contribution in [0.5, 0.6) is 5.75 Å². The number of esters is 1. The Balaban J connectivity index is 1.51. The van der Waals surface area contributed by atoms with Gasteiger partial charge in [-0.15, -0.1) is 0 Å². The maximum Gasteiger partial charge on any atom is 0.313 e. The number of hydrogen-bond acceptors (Lipinski definition) is 6. The largest absolute Gasteiger partial charge is 0.420 e. The third kappa shape index (κ3) is 6.84. The molecule has 12 heteroatoms. The highest BCUT2D eigenvalue weighted by Gasteiger charge is 2.28. The van der Waals surface area contributed by atoms with E-state index in [9.17, 15) is 31.5 Å². The van der Waals surface area contributed by atoms with Crippen LogP contribution in [0.15, 0.2) is 24.4 Å². The van der Waals surface area contributed by atoms with Gasteiger partial charge in [-0.2, -0.15) is 8.78 Å². The Hall–Kier alpha value is -2.83. The maximum atomic E-state index is 13.4. The molecule has 1 amide bonds. The fourth-order valence-corrected chi connectivity index (χ4v) is 2.44. The topological polar surface area (TPSA) is 74.3 Å². The minimum Gasteiger partial charge on any atom is -0.420 e. The van der Waals surface area contributed by atoms with E-state index in [0.717, 1.165) is 0 Å². The maximum absolute atomic E-state index is 13.4. The summed E-state index contributed by atoms with van der Waals surface area (Å²) in [5.74, 6) is -14.3. The summed E-state index contributed by atoms with van der Waals surface area (Å²) in [5, 5.41) is 0. The first kappa shape index (κ1) is 25.4. The summed E-state index contributed by atoms with van der Waals surface area (Å²) in [5.41, 5.74) is 0.600. The van der Waals surface area contributed by atoms with Gasteiger partial charge >= 0.3 is 5.97 Å². The number of benzene rings is 1. The highest BCUT2D eigenvalue weighted by atomic mass is 19.2. The number of allylic oxidation sites excluding steroid dienone is 1. The first-order valence-corrected chi connectivity index (χ1v) is 9.37. The van der Waals surface area contributed by atoms with Crippen molar-refractivity contribution in [2.45, 2.75) is 6.42 Å². The van der Waals surface area contributed by atoms with Crippen molar-refractivity contribution in [3.63, 3.8) is 0 Å². The van der Waals surface area contributed by atoms with Crippen molar-refractivity contribution in [2.75, 3.05) is 46.2 Å². The lowest BCUT2D eigenvalue weighted by Crippen LogP contribution is -2.28. The average molecular weight is 465 g/mol. The summed E-state index contributed by atoms with van der Waals surface area (Å²) in [6, 6.07) is 0. The molecule has 0 aromatic heterocycles. The van der Waals surface area contributed by atoms with E-state index in [1.54, 1.807) is 6.08 Å². The molecule has 0 aliphatic carbocycles. The quantitative estimate of drug-likeness (QED) is 0.111. The summed E-state index contributed by atoms with van der Waals surface area (Å²) in [4.78, 5) is 24.5. The fraction of sp³-hybridized carbons (Fsp3) is 0.400. The third-order valence-corrected chi connectivity index (χ3v) is 4.07. The highest BCUT2D eigenvalue weighted by Crippen LogP contribution is 2.29. The van der Waals surface area contributed by atoms with Crippen molar-refractivity contribution in [1.29, 1.82) is 0 Å². The lowest BCUT2D eigenvalue weighted by atomic mass is 10.2. The molecule has 0 unspecified atom stereocenters. The zero-order chi connectivity index (χ0) is 23.7. The Bertz CT molecular complexity index is 845. The van der Waals surface area contributed by atoms with Crippen molar-refractivity contribution >= 4 is 11.9 Å². The predicted molar refractivity (Wildman–Crippen MR) is 98.9 cm³/mol. The number of rotatable bonds is 13. The summed E-state index contributed by atoms with van der Waals surface area (Å²) in [7, 11) is 0. The molecule has 1 aliphatic rings. The molecule has 0 saturated heterocycles. The molecule has 2 rings (SSSR count). The van der Waals surface area contributed by atoms with Gasteiger partial charge in [0.25, 0.3) is 5.91 Å². The molecule has 1 aromatic carbocycles. The Labute approximate surface area is 180 Å². The van der Waals surface area contributed by atoms with Gasteiger partial charge in [0.1, 0.15) is 0 Å². The van der Waals surface area contributed by atoms with Crippen molar-refractivity contribution in [1.82, 2.24) is 4.90 Å². The first-order chi connectivity index (χ1) is 15.2. The number of halogens is 5. The number of carbonyl (C=O) groups excluding carboxylic acids is 2. The van der Waals surface area contributed by atoms with Gasteiger partial charge in [-0.05, 0) is 6.08 Å². The normalized spacial score (nSPS) is 13.3. The van der Waals surface area contributed by atoms with Gasteiger partial charge in [0.2, 0.25) is 34.8 Å². The van der Waals surface area contributed by atoms with Crippen LogP contribution in [0, 0.1) is 29.1 Å². The lowest BCUT2D eigenvalue weighted by Gasteiger charge is -2.16. The van der Waals surface area contributed by atoms with Crippen LogP contribution in [0.4, 0.5) is 22.0 Å². The molecule has 1 aromatic rings. The lowest BCUT2D eigenvalue weighted by molar-refractivity contribution is -0.136. The first-order valence-electron chi connectivity index (χ1n) is 9.37. The molecular formula is C20H20F5NO6. The summed E-state index contributed by atoms with van der Waals surface area (Å²) < 4.78 is 85.8. The van der Waals surface area contributed by atoms with Crippen LogP contribution in [0.3, 0.4) is 0 Å². The van der Waals surface area contributed by atoms with Crippen LogP contribution in [-0.4, -0.2) is 63.0 Å². The van der Waals surface area contributed by atoms with Crippen LogP contribution in [0.25, 0.3) is 0 Å². The SMILES string of the molecule is C=C1C=CC(=O)N1CCOCCOCCOCCC(=O)Oc1c(F)c(F)c(F)c(F)c1F. The van der Waals surface area contributed by atoms with Crippen LogP contribution in [-0.2, 0) is 23.8 Å². The van der Waals surface area contributed by atoms with Gasteiger partial charge < -0.3 is 23.8 Å². The van der Waals surface area contributed by atoms with Gasteiger partial charge in [-0.25, -0.2) is 13.2 Å². The molecule has 0 atom stereocenters. The second kappa shape index (κ2) is 12.3. The van der Waals surface area contributed by atoms with Crippen molar-refractivity contribution in [3.05, 3.63) is 53.5 Å². The number of nitrogens with zero attached hydrogens (tertiary/aromatic N) is 1. The number of ether oxygens (including phenoxy) is 4. The number of amides is 1. The standard InChI is InChI=1S/C20H20F5NO6/c1-12-2-3-13(27)26(12)5-7-30-9-11-31-10-8-29-6-4-14(28)32-20-18(24)16(22)15(21)17(23)19(20)25/h2-3H,1,4-11H2. The Morgan fingerprint density at radius 1 is 0.781 bits per heavy atom. The van der Waals surface area contributed by atoms with Gasteiger partial charge in [0.15, 0.2) is 0 Å². The smallest absolute Gasteiger partial charge is 0.313 e. The molecule has 32 heavy (non-hydrogen) atoms. The molecule has 1 aliphatic heterocycles. The molecular weight excluding hydrogens is 445 g/mol. The summed E-state index contributed by atoms with van der Waals surface area (Å²) in [6.07, 6.45) is 2.55. The summed E-state index contributed by atoms with van der Waals surface area (Å²) >= 11 is 0. The van der Waals surface area contributed by atoms with E-state index in [1.807, 2.05) is 0 Å². The Kier molecular flexibility index (Phi) is 9.75. The summed E-state index contributed by atoms with van der Waals surface area (Å²) in [6.45, 7) is 4.91. The minimum atomic E-state index is -2.35. The molecule has 0 bridgehead atoms. The van der Waals surface area contributed by atoms with E-state index < -0.39 is 47.2 Å². The van der Waals surface area contributed by atoms with Crippen LogP contribution in [0.2, 0.25) is 0 Å². The molecule has 0 radical (unpaired) electrons. The zero-order valence-corrected chi connectivity index (χ0v) is 16.8. The van der Waals surface area contributed by atoms with Gasteiger partial charge in [-0.3, -0.25) is 9.59 Å². The number of hydrogen-bond donors (Lipinski definition) is 0. The van der Waals surface area contributed by atoms with E-state index >= 15 is 0 Å². The van der Waals surface area contributed by atoms with Crippen molar-refractivity contribution in [2.24, 2.45) is 0 Å². The van der Waals surface area contributed by atoms with Crippen molar-refractivity contribution < 1.29 is 50.5 Å². The van der Waals surface area contributed by atoms with E-state index in [-0.39, 0.29) is 38.9 Å². The molecule has 1 heterocycles. The second-order valence-corrected chi connectivity index (χ2v) is 6.27. The molecule has 0 N–H and O–H groups in total. The van der Waals surface area contributed by atoms with Gasteiger partial charge in [0, 0.05) is 18.3 Å². The highest BCUT2D eigenvalue weighted by molar-refractivity contribution is 5.92. The molecule has 176 valence electrons. The van der Waals surface area contributed by atoms with E-state index in [0.29, 0.717) is 18.8 Å². The number of carbonyl (C=O) groups is 2. The predicted octanol–water partition coefficient (Wildman–Crippen LogP) is 2.64. The molecule has 0 saturated carbocycles. The molecule has 0 fully saturated rings.